The second-order valence-electron chi connectivity index (χ2n) is 7.76. The van der Waals surface area contributed by atoms with Crippen molar-refractivity contribution < 1.29 is 77.6 Å². The predicted molar refractivity (Wildman–Crippen MR) is 145 cm³/mol. The molecule has 0 aliphatic heterocycles. The van der Waals surface area contributed by atoms with Gasteiger partial charge in [-0.3, -0.25) is 43.9 Å². The van der Waals surface area contributed by atoms with E-state index in [-0.39, 0.29) is 17.9 Å². The molecule has 0 aromatic carbocycles. The summed E-state index contributed by atoms with van der Waals surface area (Å²) in [6.45, 7) is 6.08. The Kier molecular flexibility index (Phi) is 25.2. The van der Waals surface area contributed by atoms with Gasteiger partial charge in [0, 0.05) is 54.8 Å². The Morgan fingerprint density at radius 3 is 1.09 bits per heavy atom. The summed E-state index contributed by atoms with van der Waals surface area (Å²) in [5.41, 5.74) is 0. The van der Waals surface area contributed by atoms with Gasteiger partial charge in [-0.1, -0.05) is 0 Å². The van der Waals surface area contributed by atoms with Gasteiger partial charge in [-0.05, 0) is 12.8 Å². The zero-order chi connectivity index (χ0) is 35.9. The van der Waals surface area contributed by atoms with Crippen LogP contribution in [-0.2, 0) is 38.3 Å². The molecule has 1 fully saturated rings. The van der Waals surface area contributed by atoms with E-state index in [2.05, 4.69) is 14.3 Å². The maximum atomic E-state index is 10.6. The SMILES string of the molecule is CC(=O)N(C(=O)O)C1CC1.CC(=O)N(C)C(=O)O.CC(=O)NC(=O)O.COC(=O)N(C)C(C)=O.COC(=O)N(OC)C(C)=O. The van der Waals surface area contributed by atoms with Crippen molar-refractivity contribution >= 4 is 60.0 Å². The number of ether oxygens (including phenoxy) is 2. The highest BCUT2D eigenvalue weighted by Crippen LogP contribution is 2.26. The van der Waals surface area contributed by atoms with E-state index < -0.39 is 48.2 Å². The zero-order valence-corrected chi connectivity index (χ0v) is 25.9. The average Bonchev–Trinajstić information content (AvgIpc) is 3.72. The lowest BCUT2D eigenvalue weighted by Crippen LogP contribution is -2.35. The van der Waals surface area contributed by atoms with Crippen LogP contribution in [0.2, 0.25) is 0 Å². The molecule has 0 atom stereocenters. The Morgan fingerprint density at radius 2 is 1.02 bits per heavy atom. The summed E-state index contributed by atoms with van der Waals surface area (Å²) >= 11 is 0. The quantitative estimate of drug-likeness (QED) is 0.306. The van der Waals surface area contributed by atoms with Gasteiger partial charge in [0.05, 0.1) is 21.3 Å². The number of imide groups is 5. The lowest BCUT2D eigenvalue weighted by atomic mass is 10.5. The van der Waals surface area contributed by atoms with E-state index in [4.69, 9.17) is 15.3 Å². The van der Waals surface area contributed by atoms with Crippen LogP contribution in [0.1, 0.15) is 47.5 Å². The largest absolute Gasteiger partial charge is 0.465 e. The number of nitrogens with one attached hydrogen (secondary N) is 1. The third kappa shape index (κ3) is 24.5. The molecule has 0 radical (unpaired) electrons. The van der Waals surface area contributed by atoms with E-state index in [1.807, 2.05) is 0 Å². The molecule has 10 amide bonds. The maximum absolute atomic E-state index is 10.6. The van der Waals surface area contributed by atoms with Gasteiger partial charge in [-0.25, -0.2) is 28.9 Å². The molecular formula is C23H39N5O16. The number of hydrogen-bond acceptors (Lipinski definition) is 13. The van der Waals surface area contributed by atoms with Crippen LogP contribution in [0, 0.1) is 0 Å². The lowest BCUT2D eigenvalue weighted by molar-refractivity contribution is -0.162. The third-order valence-electron chi connectivity index (χ3n) is 4.23. The summed E-state index contributed by atoms with van der Waals surface area (Å²) in [5.74, 6) is -2.27. The highest BCUT2D eigenvalue weighted by atomic mass is 16.7. The number of rotatable bonds is 2. The van der Waals surface area contributed by atoms with Crippen LogP contribution in [-0.4, -0.2) is 137 Å². The van der Waals surface area contributed by atoms with E-state index in [1.54, 1.807) is 5.32 Å². The third-order valence-corrected chi connectivity index (χ3v) is 4.23. The zero-order valence-electron chi connectivity index (χ0n) is 25.9. The van der Waals surface area contributed by atoms with Gasteiger partial charge in [-0.15, -0.1) is 5.06 Å². The highest BCUT2D eigenvalue weighted by Gasteiger charge is 2.35. The molecule has 44 heavy (non-hydrogen) atoms. The Balaban J connectivity index is -0.000000229. The van der Waals surface area contributed by atoms with Crippen molar-refractivity contribution in [3.63, 3.8) is 0 Å². The maximum Gasteiger partial charge on any atom is 0.441 e. The summed E-state index contributed by atoms with van der Waals surface area (Å²) in [7, 11) is 6.15. The van der Waals surface area contributed by atoms with Crippen molar-refractivity contribution in [3.05, 3.63) is 0 Å². The molecule has 0 aromatic heterocycles. The number of hydroxylamine groups is 2. The van der Waals surface area contributed by atoms with Crippen LogP contribution in [0.25, 0.3) is 0 Å². The Morgan fingerprint density at radius 1 is 0.614 bits per heavy atom. The summed E-state index contributed by atoms with van der Waals surface area (Å²) in [6, 6.07) is -0.0324. The van der Waals surface area contributed by atoms with Crippen LogP contribution in [0.3, 0.4) is 0 Å². The fourth-order valence-corrected chi connectivity index (χ4v) is 1.85. The molecule has 1 rings (SSSR count). The molecule has 21 heteroatoms. The average molecular weight is 642 g/mol. The summed E-state index contributed by atoms with van der Waals surface area (Å²) in [6.07, 6.45) is -3.48. The van der Waals surface area contributed by atoms with Crippen molar-refractivity contribution in [3.8, 4) is 0 Å². The molecule has 0 saturated heterocycles. The number of nitrogens with zero attached hydrogens (tertiary/aromatic N) is 4. The first-order chi connectivity index (χ1) is 20.0. The number of amides is 10. The van der Waals surface area contributed by atoms with Crippen LogP contribution in [0.4, 0.5) is 24.0 Å². The molecule has 1 aliphatic carbocycles. The molecule has 0 aromatic rings. The normalized spacial score (nSPS) is 10.1. The minimum absolute atomic E-state index is 0.0324. The minimum atomic E-state index is -1.31. The van der Waals surface area contributed by atoms with Gasteiger partial charge in [0.15, 0.2) is 0 Å². The molecule has 252 valence electrons. The first-order valence-corrected chi connectivity index (χ1v) is 11.8. The molecule has 0 bridgehead atoms. The fourth-order valence-electron chi connectivity index (χ4n) is 1.85. The number of carboxylic acid groups (broad SMARTS) is 3. The second kappa shape index (κ2) is 24.3. The smallest absolute Gasteiger partial charge is 0.441 e. The fraction of sp³-hybridized carbons (Fsp3) is 0.565. The molecule has 0 spiro atoms. The molecule has 0 heterocycles. The summed E-state index contributed by atoms with van der Waals surface area (Å²) < 4.78 is 8.45. The number of hydrogen-bond donors (Lipinski definition) is 4. The van der Waals surface area contributed by atoms with Crippen molar-refractivity contribution in [2.45, 2.75) is 53.5 Å². The van der Waals surface area contributed by atoms with E-state index in [0.29, 0.717) is 9.96 Å². The van der Waals surface area contributed by atoms with Gasteiger partial charge in [-0.2, -0.15) is 0 Å². The van der Waals surface area contributed by atoms with Gasteiger partial charge >= 0.3 is 30.5 Å². The minimum Gasteiger partial charge on any atom is -0.465 e. The van der Waals surface area contributed by atoms with Crippen LogP contribution >= 0.6 is 0 Å². The summed E-state index contributed by atoms with van der Waals surface area (Å²) in [4.78, 5) is 109. The first-order valence-electron chi connectivity index (χ1n) is 11.8. The monoisotopic (exact) mass is 641 g/mol. The first kappa shape index (κ1) is 45.6. The lowest BCUT2D eigenvalue weighted by Gasteiger charge is -2.12. The topological polar surface area (TPSA) is 284 Å². The summed E-state index contributed by atoms with van der Waals surface area (Å²) in [5, 5.41) is 26.4. The number of carbonyl (C=O) groups is 10. The van der Waals surface area contributed by atoms with Crippen molar-refractivity contribution in [1.29, 1.82) is 0 Å². The van der Waals surface area contributed by atoms with Crippen molar-refractivity contribution in [2.24, 2.45) is 0 Å². The van der Waals surface area contributed by atoms with Crippen molar-refractivity contribution in [2.75, 3.05) is 35.4 Å². The van der Waals surface area contributed by atoms with Gasteiger partial charge in [0.2, 0.25) is 23.6 Å². The number of carbonyl (C=O) groups excluding carboxylic acids is 7. The number of methoxy groups -OCH3 is 2. The Labute approximate surface area is 252 Å². The van der Waals surface area contributed by atoms with Crippen LogP contribution < -0.4 is 5.32 Å². The van der Waals surface area contributed by atoms with E-state index in [9.17, 15) is 47.9 Å². The van der Waals surface area contributed by atoms with E-state index >= 15 is 0 Å². The molecule has 1 aliphatic rings. The van der Waals surface area contributed by atoms with Gasteiger partial charge in [0.25, 0.3) is 5.91 Å². The van der Waals surface area contributed by atoms with E-state index in [1.165, 1.54) is 56.0 Å². The molecule has 0 unspecified atom stereocenters. The molecular weight excluding hydrogens is 602 g/mol. The van der Waals surface area contributed by atoms with Crippen LogP contribution in [0.15, 0.2) is 0 Å². The van der Waals surface area contributed by atoms with Gasteiger partial charge < -0.3 is 24.8 Å². The van der Waals surface area contributed by atoms with Crippen LogP contribution in [0.5, 0.6) is 0 Å². The molecule has 4 N–H and O–H groups in total. The van der Waals surface area contributed by atoms with E-state index in [0.717, 1.165) is 36.7 Å². The van der Waals surface area contributed by atoms with Gasteiger partial charge in [0.1, 0.15) is 0 Å². The Hall–Kier alpha value is -5.34. The second-order valence-corrected chi connectivity index (χ2v) is 7.76. The van der Waals surface area contributed by atoms with Crippen molar-refractivity contribution in [1.82, 2.24) is 25.1 Å². The molecule has 21 nitrogen and oxygen atoms in total. The molecule has 1 saturated carbocycles. The highest BCUT2D eigenvalue weighted by molar-refractivity contribution is 5.91. The predicted octanol–water partition coefficient (Wildman–Crippen LogP) is 1.01. The Bertz CT molecular complexity index is 1000. The standard InChI is InChI=1S/C6H9NO3.C5H9NO4.C5H9NO3.C4H7NO3.C3H5NO3/c1-4(8)7(6(9)10)5-2-3-5;1-4(7)6(10-3)5(8)9-2;1-4(7)6(2)5(8)9-3;1-3(6)5(2)4(7)8;1-2(5)4-3(6)7/h5H,2-3H2,1H3,(H,9,10);1-3H3;1-3H3;1-2H3,(H,7,8);1H3,(H,4,5)(H,6,7).